The molecule has 1 radical (unpaired) electrons. The monoisotopic (exact) mass is 214 g/mol. The summed E-state index contributed by atoms with van der Waals surface area (Å²) in [6.07, 6.45) is 0.769. The summed E-state index contributed by atoms with van der Waals surface area (Å²) < 4.78 is 0. The Morgan fingerprint density at radius 2 is 2.30 bits per heavy atom. The number of carboxylic acids is 1. The zero-order valence-electron chi connectivity index (χ0n) is 5.76. The van der Waals surface area contributed by atoms with Gasteiger partial charge in [-0.05, 0) is 6.42 Å². The SMILES string of the molecule is O=C1CC[C@@H](C(=O)O)N1.[Rb]. The number of carbonyl (C=O) groups is 2. The van der Waals surface area contributed by atoms with E-state index in [2.05, 4.69) is 5.32 Å². The zero-order valence-corrected chi connectivity index (χ0v) is 10.7. The zero-order chi connectivity index (χ0) is 6.85. The van der Waals surface area contributed by atoms with Crippen molar-refractivity contribution in [1.82, 2.24) is 5.32 Å². The van der Waals surface area contributed by atoms with Gasteiger partial charge in [0.25, 0.3) is 0 Å². The van der Waals surface area contributed by atoms with Gasteiger partial charge in [0.2, 0.25) is 5.91 Å². The minimum Gasteiger partial charge on any atom is -0.480 e. The number of hydrogen-bond acceptors (Lipinski definition) is 2. The number of rotatable bonds is 1. The summed E-state index contributed by atoms with van der Waals surface area (Å²) in [5, 5.41) is 10.6. The van der Waals surface area contributed by atoms with Gasteiger partial charge in [-0.1, -0.05) is 0 Å². The second-order valence-electron chi connectivity index (χ2n) is 2.00. The van der Waals surface area contributed by atoms with Crippen LogP contribution in [0, 0.1) is 0 Å². The van der Waals surface area contributed by atoms with Crippen LogP contribution in [0.5, 0.6) is 0 Å². The molecule has 0 aliphatic carbocycles. The molecule has 5 heteroatoms. The maximum atomic E-state index is 10.4. The summed E-state index contributed by atoms with van der Waals surface area (Å²) in [5.74, 6) is -1.11. The maximum absolute atomic E-state index is 10.4. The number of carbonyl (C=O) groups excluding carboxylic acids is 1. The number of carboxylic acid groups (broad SMARTS) is 1. The van der Waals surface area contributed by atoms with Crippen molar-refractivity contribution in [3.63, 3.8) is 0 Å². The van der Waals surface area contributed by atoms with Gasteiger partial charge in [0, 0.05) is 64.6 Å². The molecule has 0 aromatic rings. The average Bonchev–Trinajstić information content (AvgIpc) is 2.14. The Kier molecular flexibility index (Phi) is 4.93. The van der Waals surface area contributed by atoms with E-state index in [0.717, 1.165) is 0 Å². The molecule has 0 bridgehead atoms. The van der Waals surface area contributed by atoms with Gasteiger partial charge in [0.15, 0.2) is 0 Å². The number of nitrogens with one attached hydrogen (secondary N) is 1. The molecule has 0 spiro atoms. The van der Waals surface area contributed by atoms with E-state index < -0.39 is 12.0 Å². The normalized spacial score (nSPS) is 23.2. The van der Waals surface area contributed by atoms with E-state index in [9.17, 15) is 9.59 Å². The summed E-state index contributed by atoms with van der Waals surface area (Å²) in [5.41, 5.74) is 0. The van der Waals surface area contributed by atoms with E-state index in [1.54, 1.807) is 0 Å². The Labute approximate surface area is 107 Å². The molecule has 1 saturated heterocycles. The van der Waals surface area contributed by atoms with Crippen molar-refractivity contribution in [2.75, 3.05) is 0 Å². The van der Waals surface area contributed by atoms with Crippen LogP contribution in [0.25, 0.3) is 0 Å². The largest absolute Gasteiger partial charge is 0.480 e. The first-order valence-electron chi connectivity index (χ1n) is 2.72. The van der Waals surface area contributed by atoms with Crippen LogP contribution in [-0.2, 0) is 9.59 Å². The molecule has 1 atom stereocenters. The van der Waals surface area contributed by atoms with Crippen LogP contribution in [0.2, 0.25) is 0 Å². The summed E-state index contributed by atoms with van der Waals surface area (Å²) in [6, 6.07) is -0.641. The fourth-order valence-electron chi connectivity index (χ4n) is 0.799. The molecule has 10 heavy (non-hydrogen) atoms. The molecule has 1 aliphatic heterocycles. The van der Waals surface area contributed by atoms with Crippen LogP contribution in [0.1, 0.15) is 12.8 Å². The van der Waals surface area contributed by atoms with Crippen LogP contribution in [0.15, 0.2) is 0 Å². The van der Waals surface area contributed by atoms with E-state index in [1.807, 2.05) is 0 Å². The number of hydrogen-bond donors (Lipinski definition) is 2. The first-order chi connectivity index (χ1) is 4.20. The number of aliphatic carboxylic acids is 1. The third-order valence-corrected chi connectivity index (χ3v) is 1.29. The Hall–Kier alpha value is 0.745. The third kappa shape index (κ3) is 2.78. The average molecular weight is 215 g/mol. The van der Waals surface area contributed by atoms with E-state index in [0.29, 0.717) is 12.8 Å². The smallest absolute Gasteiger partial charge is 0.326 e. The molecular formula is C5H7NO3Rb. The topological polar surface area (TPSA) is 66.4 Å². The maximum Gasteiger partial charge on any atom is 0.326 e. The van der Waals surface area contributed by atoms with E-state index in [4.69, 9.17) is 5.11 Å². The van der Waals surface area contributed by atoms with Crippen molar-refractivity contribution in [3.8, 4) is 0 Å². The quantitative estimate of drug-likeness (QED) is 0.587. The van der Waals surface area contributed by atoms with Gasteiger partial charge in [0.1, 0.15) is 6.04 Å². The van der Waals surface area contributed by atoms with Gasteiger partial charge in [-0.2, -0.15) is 0 Å². The van der Waals surface area contributed by atoms with Crippen LogP contribution in [0.4, 0.5) is 0 Å². The number of amides is 1. The summed E-state index contributed by atoms with van der Waals surface area (Å²) >= 11 is 0. The predicted octanol–water partition coefficient (Wildman–Crippen LogP) is -1.03. The fraction of sp³-hybridized carbons (Fsp3) is 0.600. The van der Waals surface area contributed by atoms with Gasteiger partial charge >= 0.3 is 5.97 Å². The molecule has 0 unspecified atom stereocenters. The standard InChI is InChI=1S/C5H7NO3.Rb/c7-4-2-1-3(6-4)5(8)9;/h3H,1-2H2,(H,6,7)(H,8,9);/t3-;/m0./s1. The van der Waals surface area contributed by atoms with Crippen molar-refractivity contribution in [1.29, 1.82) is 0 Å². The molecule has 1 fully saturated rings. The predicted molar refractivity (Wildman–Crippen MR) is 34.6 cm³/mol. The molecule has 2 N–H and O–H groups in total. The van der Waals surface area contributed by atoms with Crippen LogP contribution in [0.3, 0.4) is 0 Å². The van der Waals surface area contributed by atoms with E-state index in [-0.39, 0.29) is 64.1 Å². The van der Waals surface area contributed by atoms with Gasteiger partial charge in [-0.15, -0.1) is 0 Å². The van der Waals surface area contributed by atoms with Gasteiger partial charge in [-0.25, -0.2) is 4.79 Å². The Balaban J connectivity index is 0.000000810. The Bertz CT molecular complexity index is 159. The van der Waals surface area contributed by atoms with Crippen molar-refractivity contribution in [2.45, 2.75) is 18.9 Å². The van der Waals surface area contributed by atoms with Gasteiger partial charge < -0.3 is 10.4 Å². The minimum absolute atomic E-state index is 0. The molecule has 1 heterocycles. The minimum atomic E-state index is -0.944. The molecule has 0 saturated carbocycles. The second kappa shape index (κ2) is 4.59. The first-order valence-corrected chi connectivity index (χ1v) is 2.72. The first kappa shape index (κ1) is 10.7. The molecule has 1 aliphatic rings. The third-order valence-electron chi connectivity index (χ3n) is 1.29. The van der Waals surface area contributed by atoms with Crippen molar-refractivity contribution >= 4 is 70.1 Å². The van der Waals surface area contributed by atoms with Crippen molar-refractivity contribution in [3.05, 3.63) is 0 Å². The Morgan fingerprint density at radius 3 is 2.50 bits per heavy atom. The molecule has 0 aromatic heterocycles. The second-order valence-corrected chi connectivity index (χ2v) is 2.00. The summed E-state index contributed by atoms with van der Waals surface area (Å²) in [7, 11) is 0. The van der Waals surface area contributed by atoms with Crippen LogP contribution < -0.4 is 5.32 Å². The van der Waals surface area contributed by atoms with E-state index in [1.165, 1.54) is 0 Å². The van der Waals surface area contributed by atoms with Gasteiger partial charge in [-0.3, -0.25) is 4.79 Å². The van der Waals surface area contributed by atoms with Crippen molar-refractivity contribution in [2.24, 2.45) is 0 Å². The van der Waals surface area contributed by atoms with Crippen LogP contribution in [-0.4, -0.2) is 81.2 Å². The molecule has 0 aromatic carbocycles. The van der Waals surface area contributed by atoms with E-state index >= 15 is 0 Å². The molecule has 1 amide bonds. The molecule has 51 valence electrons. The Morgan fingerprint density at radius 1 is 1.70 bits per heavy atom. The van der Waals surface area contributed by atoms with Crippen LogP contribution >= 0.6 is 0 Å². The summed E-state index contributed by atoms with van der Waals surface area (Å²) in [4.78, 5) is 20.5. The van der Waals surface area contributed by atoms with Gasteiger partial charge in [0.05, 0.1) is 0 Å². The fourth-order valence-corrected chi connectivity index (χ4v) is 0.799. The summed E-state index contributed by atoms with van der Waals surface area (Å²) in [6.45, 7) is 0. The molecule has 4 nitrogen and oxygen atoms in total. The molecule has 1 rings (SSSR count). The van der Waals surface area contributed by atoms with Crippen molar-refractivity contribution < 1.29 is 14.7 Å². The molecular weight excluding hydrogens is 208 g/mol.